The van der Waals surface area contributed by atoms with E-state index >= 15 is 0 Å². The molecule has 0 aliphatic heterocycles. The molecule has 0 aliphatic rings. The molecule has 0 heterocycles. The van der Waals surface area contributed by atoms with Crippen molar-refractivity contribution in [2.24, 2.45) is 5.92 Å². The lowest BCUT2D eigenvalue weighted by Crippen LogP contribution is -2.21. The number of rotatable bonds is 33. The first-order valence-corrected chi connectivity index (χ1v) is 17.8. The number of hydrogen-bond donors (Lipinski definition) is 1. The van der Waals surface area contributed by atoms with Crippen molar-refractivity contribution < 1.29 is 19.4 Å². The van der Waals surface area contributed by atoms with Gasteiger partial charge in [-0.25, -0.2) is 0 Å². The average molecular weight is 577 g/mol. The summed E-state index contributed by atoms with van der Waals surface area (Å²) in [7, 11) is 0. The van der Waals surface area contributed by atoms with Crippen LogP contribution in [0.25, 0.3) is 0 Å². The Hall–Kier alpha value is -1.58. The van der Waals surface area contributed by atoms with Crippen LogP contribution < -0.4 is 0 Å². The maximum absolute atomic E-state index is 12.0. The first kappa shape index (κ1) is 39.4. The van der Waals surface area contributed by atoms with Crippen molar-refractivity contribution in [2.45, 2.75) is 187 Å². The number of ether oxygens (including phenoxy) is 1. The maximum atomic E-state index is 12.0. The number of hydrogen-bond acceptors (Lipinski definition) is 3. The smallest absolute Gasteiger partial charge is 0.309 e. The van der Waals surface area contributed by atoms with E-state index in [4.69, 9.17) is 9.84 Å². The van der Waals surface area contributed by atoms with Crippen molar-refractivity contribution in [3.63, 3.8) is 0 Å². The molecule has 1 unspecified atom stereocenters. The van der Waals surface area contributed by atoms with Crippen molar-refractivity contribution in [3.05, 3.63) is 24.8 Å². The first-order chi connectivity index (χ1) is 20.1. The van der Waals surface area contributed by atoms with Gasteiger partial charge < -0.3 is 9.84 Å². The van der Waals surface area contributed by atoms with Crippen LogP contribution >= 0.6 is 0 Å². The summed E-state index contributed by atoms with van der Waals surface area (Å²) in [4.78, 5) is 23.0. The van der Waals surface area contributed by atoms with Crippen LogP contribution in [0.15, 0.2) is 24.8 Å². The zero-order chi connectivity index (χ0) is 30.1. The molecule has 0 rings (SSSR count). The Bertz CT molecular complexity index is 612. The van der Waals surface area contributed by atoms with Gasteiger partial charge in [0.25, 0.3) is 0 Å². The van der Waals surface area contributed by atoms with Gasteiger partial charge in [-0.2, -0.15) is 0 Å². The van der Waals surface area contributed by atoms with Crippen LogP contribution in [0, 0.1) is 5.92 Å². The van der Waals surface area contributed by atoms with Gasteiger partial charge in [-0.05, 0) is 32.1 Å². The van der Waals surface area contributed by atoms with Gasteiger partial charge in [0.1, 0.15) is 6.61 Å². The molecule has 0 saturated heterocycles. The molecule has 0 bridgehead atoms. The Balaban J connectivity index is 3.31. The molecule has 0 spiro atoms. The number of allylic oxidation sites excluding steroid dienone is 2. The molecule has 41 heavy (non-hydrogen) atoms. The number of carbonyl (C=O) groups excluding carboxylic acids is 1. The van der Waals surface area contributed by atoms with Gasteiger partial charge >= 0.3 is 11.9 Å². The SMILES string of the molecule is C=CCOC(=O)C(CCCCCCCCCCCCCCCCCCCCCCC/C=C/CCCCC)CC(=O)O. The minimum absolute atomic E-state index is 0.145. The first-order valence-electron chi connectivity index (χ1n) is 17.8. The lowest BCUT2D eigenvalue weighted by Gasteiger charge is -2.13. The molecule has 1 N–H and O–H groups in total. The van der Waals surface area contributed by atoms with Crippen molar-refractivity contribution in [2.75, 3.05) is 6.61 Å². The Kier molecular flexibility index (Phi) is 31.7. The third-order valence-corrected chi connectivity index (χ3v) is 8.16. The number of aliphatic carboxylic acids is 1. The molecule has 0 aromatic carbocycles. The van der Waals surface area contributed by atoms with Gasteiger partial charge in [0, 0.05) is 0 Å². The van der Waals surface area contributed by atoms with Crippen LogP contribution in [0.4, 0.5) is 0 Å². The number of carboxylic acids is 1. The summed E-state index contributed by atoms with van der Waals surface area (Å²) in [5.41, 5.74) is 0. The standard InChI is InChI=1S/C37H68O4/c1-3-5-6-7-8-9-10-11-12-13-14-15-16-17-18-19-20-21-22-23-24-25-26-27-28-29-30-31-32-35(34-36(38)39)37(40)41-33-4-2/h4,8-9,35H,2-3,5-7,10-34H2,1H3,(H,38,39)/b9-8+. The second-order valence-electron chi connectivity index (χ2n) is 12.2. The molecule has 4 nitrogen and oxygen atoms in total. The highest BCUT2D eigenvalue weighted by Crippen LogP contribution is 2.18. The Morgan fingerprint density at radius 2 is 0.976 bits per heavy atom. The molecule has 0 fully saturated rings. The van der Waals surface area contributed by atoms with E-state index in [1.165, 1.54) is 160 Å². The maximum Gasteiger partial charge on any atom is 0.309 e. The van der Waals surface area contributed by atoms with Gasteiger partial charge in [-0.15, -0.1) is 0 Å². The largest absolute Gasteiger partial charge is 0.481 e. The fourth-order valence-electron chi connectivity index (χ4n) is 5.53. The quantitative estimate of drug-likeness (QED) is 0.0479. The van der Waals surface area contributed by atoms with Gasteiger partial charge in [0.05, 0.1) is 12.3 Å². The van der Waals surface area contributed by atoms with E-state index in [0.717, 1.165) is 12.8 Å². The minimum atomic E-state index is -0.940. The molecule has 240 valence electrons. The highest BCUT2D eigenvalue weighted by molar-refractivity contribution is 5.79. The zero-order valence-electron chi connectivity index (χ0n) is 27.2. The fourth-order valence-corrected chi connectivity index (χ4v) is 5.53. The summed E-state index contributed by atoms with van der Waals surface area (Å²) in [6.07, 6.45) is 41.5. The van der Waals surface area contributed by atoms with Crippen LogP contribution in [0.1, 0.15) is 187 Å². The van der Waals surface area contributed by atoms with Crippen LogP contribution in [-0.4, -0.2) is 23.7 Å². The molecule has 0 aromatic heterocycles. The number of carboxylic acid groups (broad SMARTS) is 1. The third kappa shape index (κ3) is 31.2. The monoisotopic (exact) mass is 577 g/mol. The van der Waals surface area contributed by atoms with Crippen molar-refractivity contribution in [3.8, 4) is 0 Å². The number of unbranched alkanes of at least 4 members (excludes halogenated alkanes) is 24. The summed E-state index contributed by atoms with van der Waals surface area (Å²) in [6.45, 7) is 5.94. The van der Waals surface area contributed by atoms with Gasteiger partial charge in [0.15, 0.2) is 0 Å². The Morgan fingerprint density at radius 1 is 0.610 bits per heavy atom. The summed E-state index contributed by atoms with van der Waals surface area (Å²) in [6, 6.07) is 0. The second kappa shape index (κ2) is 32.9. The minimum Gasteiger partial charge on any atom is -0.481 e. The normalized spacial score (nSPS) is 12.1. The van der Waals surface area contributed by atoms with Gasteiger partial charge in [0.2, 0.25) is 0 Å². The zero-order valence-corrected chi connectivity index (χ0v) is 27.2. The lowest BCUT2D eigenvalue weighted by atomic mass is 9.97. The van der Waals surface area contributed by atoms with E-state index in [1.807, 2.05) is 0 Å². The third-order valence-electron chi connectivity index (χ3n) is 8.16. The summed E-state index contributed by atoms with van der Waals surface area (Å²) < 4.78 is 5.05. The highest BCUT2D eigenvalue weighted by Gasteiger charge is 2.22. The van der Waals surface area contributed by atoms with Crippen molar-refractivity contribution >= 4 is 11.9 Å². The molecule has 0 aromatic rings. The predicted octanol–water partition coefficient (Wildman–Crippen LogP) is 11.9. The Morgan fingerprint density at radius 3 is 1.34 bits per heavy atom. The number of esters is 1. The van der Waals surface area contributed by atoms with E-state index in [2.05, 4.69) is 25.7 Å². The molecular formula is C37H68O4. The molecule has 0 amide bonds. The molecular weight excluding hydrogens is 508 g/mol. The Labute approximate surface area is 255 Å². The van der Waals surface area contributed by atoms with Crippen LogP contribution in [0.2, 0.25) is 0 Å². The fraction of sp³-hybridized carbons (Fsp3) is 0.838. The van der Waals surface area contributed by atoms with Crippen LogP contribution in [0.3, 0.4) is 0 Å². The van der Waals surface area contributed by atoms with Crippen LogP contribution in [0.5, 0.6) is 0 Å². The van der Waals surface area contributed by atoms with E-state index in [-0.39, 0.29) is 13.0 Å². The van der Waals surface area contributed by atoms with E-state index in [9.17, 15) is 9.59 Å². The topological polar surface area (TPSA) is 63.6 Å². The van der Waals surface area contributed by atoms with Crippen LogP contribution in [-0.2, 0) is 14.3 Å². The van der Waals surface area contributed by atoms with Crippen molar-refractivity contribution in [1.29, 1.82) is 0 Å². The second-order valence-corrected chi connectivity index (χ2v) is 12.2. The van der Waals surface area contributed by atoms with Crippen molar-refractivity contribution in [1.82, 2.24) is 0 Å². The van der Waals surface area contributed by atoms with E-state index < -0.39 is 17.9 Å². The average Bonchev–Trinajstić information content (AvgIpc) is 2.96. The number of carbonyl (C=O) groups is 2. The van der Waals surface area contributed by atoms with E-state index in [1.54, 1.807) is 0 Å². The molecule has 4 heteroatoms. The highest BCUT2D eigenvalue weighted by atomic mass is 16.5. The molecule has 0 saturated carbocycles. The summed E-state index contributed by atoms with van der Waals surface area (Å²) >= 11 is 0. The summed E-state index contributed by atoms with van der Waals surface area (Å²) in [5, 5.41) is 9.03. The summed E-state index contributed by atoms with van der Waals surface area (Å²) in [5.74, 6) is -1.88. The van der Waals surface area contributed by atoms with Gasteiger partial charge in [-0.3, -0.25) is 9.59 Å². The predicted molar refractivity (Wildman–Crippen MR) is 176 cm³/mol. The molecule has 1 atom stereocenters. The molecule has 0 radical (unpaired) electrons. The van der Waals surface area contributed by atoms with E-state index in [0.29, 0.717) is 6.42 Å². The lowest BCUT2D eigenvalue weighted by molar-refractivity contribution is -0.152. The van der Waals surface area contributed by atoms with Gasteiger partial charge in [-0.1, -0.05) is 173 Å². The molecule has 0 aliphatic carbocycles.